The fraction of sp³-hybridized carbons (Fsp3) is 0.364. The summed E-state index contributed by atoms with van der Waals surface area (Å²) in [6.45, 7) is 0. The van der Waals surface area contributed by atoms with Crippen LogP contribution >= 0.6 is 23.1 Å². The first-order valence-corrected chi connectivity index (χ1v) is 9.27. The van der Waals surface area contributed by atoms with Gasteiger partial charge in [-0.2, -0.15) is 11.8 Å². The van der Waals surface area contributed by atoms with Gasteiger partial charge < -0.3 is 5.73 Å². The van der Waals surface area contributed by atoms with Gasteiger partial charge in [-0.3, -0.25) is 0 Å². The van der Waals surface area contributed by atoms with E-state index in [-0.39, 0.29) is 10.1 Å². The van der Waals surface area contributed by atoms with E-state index in [1.807, 2.05) is 6.26 Å². The zero-order valence-electron chi connectivity index (χ0n) is 9.92. The second-order valence-corrected chi connectivity index (χ2v) is 8.17. The van der Waals surface area contributed by atoms with Crippen LogP contribution in [0.2, 0.25) is 0 Å². The molecular weight excluding hydrogens is 288 g/mol. The van der Waals surface area contributed by atoms with Gasteiger partial charge in [0.15, 0.2) is 0 Å². The molecule has 0 aliphatic heterocycles. The zero-order chi connectivity index (χ0) is 13.2. The lowest BCUT2D eigenvalue weighted by Gasteiger charge is -1.98. The molecule has 0 unspecified atom stereocenters. The number of thioether (sulfide) groups is 1. The SMILES string of the molecule is CSCCCS(=O)(=O)c1nc2ccc(N)cc2s1. The quantitative estimate of drug-likeness (QED) is 0.678. The second kappa shape index (κ2) is 5.46. The molecule has 98 valence electrons. The van der Waals surface area contributed by atoms with Crippen molar-refractivity contribution in [2.75, 3.05) is 23.5 Å². The minimum atomic E-state index is -3.25. The molecule has 0 spiro atoms. The molecule has 0 saturated heterocycles. The summed E-state index contributed by atoms with van der Waals surface area (Å²) < 4.78 is 25.2. The van der Waals surface area contributed by atoms with Crippen molar-refractivity contribution in [3.05, 3.63) is 18.2 Å². The molecule has 1 aromatic carbocycles. The maximum absolute atomic E-state index is 12.1. The van der Waals surface area contributed by atoms with Gasteiger partial charge >= 0.3 is 0 Å². The summed E-state index contributed by atoms with van der Waals surface area (Å²) in [4.78, 5) is 4.17. The van der Waals surface area contributed by atoms with Gasteiger partial charge in [0.25, 0.3) is 0 Å². The highest BCUT2D eigenvalue weighted by atomic mass is 32.2. The Morgan fingerprint density at radius 2 is 2.22 bits per heavy atom. The monoisotopic (exact) mass is 302 g/mol. The van der Waals surface area contributed by atoms with E-state index in [4.69, 9.17) is 5.73 Å². The predicted octanol–water partition coefficient (Wildman–Crippen LogP) is 2.41. The highest BCUT2D eigenvalue weighted by Gasteiger charge is 2.19. The van der Waals surface area contributed by atoms with E-state index in [1.54, 1.807) is 30.0 Å². The van der Waals surface area contributed by atoms with E-state index in [2.05, 4.69) is 4.98 Å². The van der Waals surface area contributed by atoms with Crippen LogP contribution in [0.1, 0.15) is 6.42 Å². The number of nitrogens with two attached hydrogens (primary N) is 1. The lowest BCUT2D eigenvalue weighted by atomic mass is 10.3. The van der Waals surface area contributed by atoms with Crippen molar-refractivity contribution in [1.29, 1.82) is 0 Å². The maximum atomic E-state index is 12.1. The number of hydrogen-bond acceptors (Lipinski definition) is 6. The van der Waals surface area contributed by atoms with Crippen LogP contribution in [0.25, 0.3) is 10.2 Å². The molecule has 1 heterocycles. The molecule has 0 aliphatic carbocycles. The molecule has 4 nitrogen and oxygen atoms in total. The van der Waals surface area contributed by atoms with E-state index in [0.29, 0.717) is 17.6 Å². The molecule has 2 N–H and O–H groups in total. The maximum Gasteiger partial charge on any atom is 0.210 e. The fourth-order valence-electron chi connectivity index (χ4n) is 1.53. The molecule has 2 aromatic rings. The molecule has 18 heavy (non-hydrogen) atoms. The van der Waals surface area contributed by atoms with Crippen LogP contribution in [-0.4, -0.2) is 31.2 Å². The van der Waals surface area contributed by atoms with Crippen LogP contribution < -0.4 is 5.73 Å². The second-order valence-electron chi connectivity index (χ2n) is 3.87. The van der Waals surface area contributed by atoms with Gasteiger partial charge in [0.2, 0.25) is 14.2 Å². The van der Waals surface area contributed by atoms with E-state index in [0.717, 1.165) is 10.5 Å². The molecule has 0 bridgehead atoms. The minimum absolute atomic E-state index is 0.156. The van der Waals surface area contributed by atoms with E-state index in [9.17, 15) is 8.42 Å². The first-order valence-electron chi connectivity index (χ1n) is 5.41. The average Bonchev–Trinajstić information content (AvgIpc) is 2.72. The molecule has 1 aromatic heterocycles. The number of nitrogen functional groups attached to an aromatic ring is 1. The number of aromatic nitrogens is 1. The lowest BCUT2D eigenvalue weighted by molar-refractivity contribution is 0.594. The van der Waals surface area contributed by atoms with Crippen molar-refractivity contribution < 1.29 is 8.42 Å². The first-order chi connectivity index (χ1) is 8.53. The standard InChI is InChI=1S/C11H14N2O2S3/c1-16-5-2-6-18(14,15)11-13-9-4-3-8(12)7-10(9)17-11/h3-4,7H,2,5-6,12H2,1H3. The minimum Gasteiger partial charge on any atom is -0.399 e. The Kier molecular flexibility index (Phi) is 4.14. The summed E-state index contributed by atoms with van der Waals surface area (Å²) in [5, 5.41) is 0. The molecule has 2 rings (SSSR count). The van der Waals surface area contributed by atoms with Crippen LogP contribution in [-0.2, 0) is 9.84 Å². The van der Waals surface area contributed by atoms with Crippen molar-refractivity contribution in [2.24, 2.45) is 0 Å². The fourth-order valence-corrected chi connectivity index (χ4v) is 4.86. The van der Waals surface area contributed by atoms with Gasteiger partial charge in [0.1, 0.15) is 0 Å². The molecule has 0 saturated carbocycles. The molecule has 0 amide bonds. The molecule has 7 heteroatoms. The molecule has 0 aliphatic rings. The summed E-state index contributed by atoms with van der Waals surface area (Å²) >= 11 is 2.84. The van der Waals surface area contributed by atoms with Crippen molar-refractivity contribution in [3.63, 3.8) is 0 Å². The zero-order valence-corrected chi connectivity index (χ0v) is 12.4. The smallest absolute Gasteiger partial charge is 0.210 e. The van der Waals surface area contributed by atoms with Crippen LogP contribution in [0, 0.1) is 0 Å². The summed E-state index contributed by atoms with van der Waals surface area (Å²) in [5.41, 5.74) is 6.98. The number of fused-ring (bicyclic) bond motifs is 1. The number of benzene rings is 1. The Morgan fingerprint density at radius 1 is 1.44 bits per heavy atom. The third-order valence-corrected chi connectivity index (χ3v) is 6.39. The predicted molar refractivity (Wildman–Crippen MR) is 79.1 cm³/mol. The topological polar surface area (TPSA) is 73.0 Å². The lowest BCUT2D eigenvalue weighted by Crippen LogP contribution is -2.07. The van der Waals surface area contributed by atoms with Gasteiger partial charge in [0.05, 0.1) is 16.0 Å². The van der Waals surface area contributed by atoms with Gasteiger partial charge in [-0.25, -0.2) is 13.4 Å². The van der Waals surface area contributed by atoms with E-state index < -0.39 is 9.84 Å². The summed E-state index contributed by atoms with van der Waals surface area (Å²) in [7, 11) is -3.25. The van der Waals surface area contributed by atoms with Crippen LogP contribution in [0.5, 0.6) is 0 Å². The normalized spacial score (nSPS) is 12.1. The molecule has 0 fully saturated rings. The van der Waals surface area contributed by atoms with Crippen LogP contribution in [0.15, 0.2) is 22.5 Å². The Morgan fingerprint density at radius 3 is 2.94 bits per heavy atom. The highest BCUT2D eigenvalue weighted by molar-refractivity contribution is 7.98. The Bertz CT molecular complexity index is 649. The summed E-state index contributed by atoms with van der Waals surface area (Å²) in [5.74, 6) is 1.00. The van der Waals surface area contributed by atoms with Gasteiger partial charge in [-0.1, -0.05) is 0 Å². The first kappa shape index (κ1) is 13.6. The van der Waals surface area contributed by atoms with Crippen molar-refractivity contribution in [3.8, 4) is 0 Å². The van der Waals surface area contributed by atoms with Gasteiger partial charge in [0, 0.05) is 5.69 Å². The third kappa shape index (κ3) is 2.96. The Balaban J connectivity index is 2.30. The van der Waals surface area contributed by atoms with E-state index >= 15 is 0 Å². The number of hydrogen-bond donors (Lipinski definition) is 1. The number of nitrogens with zero attached hydrogens (tertiary/aromatic N) is 1. The molecule has 0 atom stereocenters. The Hall–Kier alpha value is -0.790. The number of rotatable bonds is 5. The number of thiazole rings is 1. The van der Waals surface area contributed by atoms with E-state index in [1.165, 1.54) is 11.3 Å². The van der Waals surface area contributed by atoms with Gasteiger partial charge in [-0.05, 0) is 36.6 Å². The Labute approximate surface area is 115 Å². The molecular formula is C11H14N2O2S3. The number of sulfone groups is 1. The van der Waals surface area contributed by atoms with Crippen LogP contribution in [0.3, 0.4) is 0 Å². The largest absolute Gasteiger partial charge is 0.399 e. The third-order valence-electron chi connectivity index (χ3n) is 2.42. The van der Waals surface area contributed by atoms with Gasteiger partial charge in [-0.15, -0.1) is 11.3 Å². The van der Waals surface area contributed by atoms with Crippen LogP contribution in [0.4, 0.5) is 5.69 Å². The van der Waals surface area contributed by atoms with Crippen molar-refractivity contribution in [2.45, 2.75) is 10.8 Å². The summed E-state index contributed by atoms with van der Waals surface area (Å²) in [6, 6.07) is 5.24. The van der Waals surface area contributed by atoms with Crippen molar-refractivity contribution in [1.82, 2.24) is 4.98 Å². The number of anilines is 1. The average molecular weight is 302 g/mol. The highest BCUT2D eigenvalue weighted by Crippen LogP contribution is 2.28. The van der Waals surface area contributed by atoms with Crippen molar-refractivity contribution >= 4 is 48.8 Å². The summed E-state index contributed by atoms with van der Waals surface area (Å²) in [6.07, 6.45) is 2.62. The molecule has 0 radical (unpaired) electrons.